The van der Waals surface area contributed by atoms with Crippen LogP contribution >= 0.6 is 0 Å². The lowest BCUT2D eigenvalue weighted by atomic mass is 10.1. The van der Waals surface area contributed by atoms with Crippen LogP contribution in [0.4, 0.5) is 4.39 Å². The summed E-state index contributed by atoms with van der Waals surface area (Å²) < 4.78 is 40.5. The van der Waals surface area contributed by atoms with E-state index in [4.69, 9.17) is 5.73 Å². The molecule has 114 valence electrons. The van der Waals surface area contributed by atoms with Crippen LogP contribution in [-0.4, -0.2) is 31.9 Å². The van der Waals surface area contributed by atoms with Crippen molar-refractivity contribution in [3.8, 4) is 11.8 Å². The Bertz CT molecular complexity index is 677. The van der Waals surface area contributed by atoms with Gasteiger partial charge in [0.05, 0.1) is 11.4 Å². The fourth-order valence-corrected chi connectivity index (χ4v) is 4.36. The highest BCUT2D eigenvalue weighted by atomic mass is 32.2. The van der Waals surface area contributed by atoms with E-state index in [-0.39, 0.29) is 23.0 Å². The van der Waals surface area contributed by atoms with E-state index in [1.54, 1.807) is 0 Å². The summed E-state index contributed by atoms with van der Waals surface area (Å²) in [5, 5.41) is 0. The van der Waals surface area contributed by atoms with Crippen LogP contribution in [0.1, 0.15) is 31.7 Å². The van der Waals surface area contributed by atoms with Crippen LogP contribution in [0.2, 0.25) is 0 Å². The summed E-state index contributed by atoms with van der Waals surface area (Å²) in [7, 11) is -3.67. The third kappa shape index (κ3) is 3.43. The molecule has 1 aromatic carbocycles. The van der Waals surface area contributed by atoms with E-state index in [1.807, 2.05) is 6.92 Å². The van der Waals surface area contributed by atoms with Gasteiger partial charge < -0.3 is 5.73 Å². The molecule has 0 bridgehead atoms. The molecule has 4 nitrogen and oxygen atoms in total. The summed E-state index contributed by atoms with van der Waals surface area (Å²) in [5.74, 6) is 4.73. The maximum Gasteiger partial charge on any atom is 0.244 e. The zero-order valence-corrected chi connectivity index (χ0v) is 12.8. The molecule has 0 aliphatic carbocycles. The molecule has 1 aromatic rings. The highest BCUT2D eigenvalue weighted by Gasteiger charge is 2.32. The smallest absolute Gasteiger partial charge is 0.244 e. The van der Waals surface area contributed by atoms with Crippen LogP contribution in [0.25, 0.3) is 0 Å². The van der Waals surface area contributed by atoms with Crippen molar-refractivity contribution in [3.05, 3.63) is 29.6 Å². The first-order valence-corrected chi connectivity index (χ1v) is 8.41. The van der Waals surface area contributed by atoms with Gasteiger partial charge in [0.15, 0.2) is 0 Å². The third-order valence-electron chi connectivity index (χ3n) is 3.60. The number of halogens is 1. The number of nitrogens with two attached hydrogens (primary N) is 1. The van der Waals surface area contributed by atoms with Crippen LogP contribution in [0, 0.1) is 17.7 Å². The molecule has 0 radical (unpaired) electrons. The van der Waals surface area contributed by atoms with E-state index in [2.05, 4.69) is 11.8 Å². The molecular weight excluding hydrogens is 291 g/mol. The number of piperidine rings is 1. The van der Waals surface area contributed by atoms with Gasteiger partial charge in [0.1, 0.15) is 5.82 Å². The van der Waals surface area contributed by atoms with Crippen molar-refractivity contribution in [1.82, 2.24) is 4.31 Å². The third-order valence-corrected chi connectivity index (χ3v) is 5.67. The summed E-state index contributed by atoms with van der Waals surface area (Å²) in [6.45, 7) is 2.48. The molecule has 1 heterocycles. The zero-order valence-electron chi connectivity index (χ0n) is 12.0. The summed E-state index contributed by atoms with van der Waals surface area (Å²) in [4.78, 5) is 0.0543. The number of rotatable bonds is 2. The zero-order chi connectivity index (χ0) is 15.5. The first kappa shape index (κ1) is 16.0. The first-order chi connectivity index (χ1) is 9.96. The molecule has 0 spiro atoms. The summed E-state index contributed by atoms with van der Waals surface area (Å²) in [5.41, 5.74) is 5.48. The Labute approximate surface area is 125 Å². The second kappa shape index (κ2) is 6.56. The molecular formula is C15H19FN2O2S. The van der Waals surface area contributed by atoms with E-state index in [9.17, 15) is 12.8 Å². The lowest BCUT2D eigenvalue weighted by molar-refractivity contribution is 0.268. The Morgan fingerprint density at radius 3 is 2.86 bits per heavy atom. The minimum absolute atomic E-state index is 0.0517. The summed E-state index contributed by atoms with van der Waals surface area (Å²) >= 11 is 0. The van der Waals surface area contributed by atoms with Gasteiger partial charge in [0, 0.05) is 18.2 Å². The molecule has 2 N–H and O–H groups in total. The van der Waals surface area contributed by atoms with Crippen LogP contribution < -0.4 is 5.73 Å². The molecule has 1 atom stereocenters. The molecule has 0 amide bonds. The minimum Gasteiger partial charge on any atom is -0.320 e. The molecule has 1 unspecified atom stereocenters. The van der Waals surface area contributed by atoms with Gasteiger partial charge in [0.25, 0.3) is 0 Å². The fraction of sp³-hybridized carbons (Fsp3) is 0.467. The average Bonchev–Trinajstić information content (AvgIpc) is 2.45. The Morgan fingerprint density at radius 2 is 2.19 bits per heavy atom. The highest BCUT2D eigenvalue weighted by Crippen LogP contribution is 2.27. The molecule has 0 aromatic heterocycles. The minimum atomic E-state index is -3.67. The van der Waals surface area contributed by atoms with Gasteiger partial charge >= 0.3 is 0 Å². The van der Waals surface area contributed by atoms with Crippen LogP contribution in [0.15, 0.2) is 23.1 Å². The van der Waals surface area contributed by atoms with E-state index in [0.717, 1.165) is 31.4 Å². The van der Waals surface area contributed by atoms with Gasteiger partial charge in [-0.05, 0) is 38.0 Å². The number of nitrogens with zero attached hydrogens (tertiary/aromatic N) is 1. The standard InChI is InChI=1S/C15H19FN2O2S/c1-12-5-2-3-10-18(12)21(19,20)15-8-7-14(16)11-13(15)6-4-9-17/h7-8,11-12H,2-3,5,9-10,17H2,1H3. The molecule has 6 heteroatoms. The summed E-state index contributed by atoms with van der Waals surface area (Å²) in [6, 6.07) is 3.52. The lowest BCUT2D eigenvalue weighted by Gasteiger charge is -2.32. The van der Waals surface area contributed by atoms with Crippen molar-refractivity contribution in [2.24, 2.45) is 5.73 Å². The van der Waals surface area contributed by atoms with Gasteiger partial charge in [-0.3, -0.25) is 0 Å². The largest absolute Gasteiger partial charge is 0.320 e. The van der Waals surface area contributed by atoms with E-state index in [0.29, 0.717) is 6.54 Å². The lowest BCUT2D eigenvalue weighted by Crippen LogP contribution is -2.42. The van der Waals surface area contributed by atoms with E-state index < -0.39 is 15.8 Å². The van der Waals surface area contributed by atoms with Crippen molar-refractivity contribution < 1.29 is 12.8 Å². The Morgan fingerprint density at radius 1 is 1.43 bits per heavy atom. The van der Waals surface area contributed by atoms with Gasteiger partial charge in [-0.25, -0.2) is 12.8 Å². The average molecular weight is 310 g/mol. The van der Waals surface area contributed by atoms with Gasteiger partial charge in [0.2, 0.25) is 10.0 Å². The summed E-state index contributed by atoms with van der Waals surface area (Å²) in [6.07, 6.45) is 2.70. The van der Waals surface area contributed by atoms with E-state index >= 15 is 0 Å². The van der Waals surface area contributed by atoms with Crippen molar-refractivity contribution in [2.45, 2.75) is 37.1 Å². The van der Waals surface area contributed by atoms with Crippen LogP contribution in [0.5, 0.6) is 0 Å². The van der Waals surface area contributed by atoms with Crippen LogP contribution in [0.3, 0.4) is 0 Å². The van der Waals surface area contributed by atoms with Gasteiger partial charge in [-0.1, -0.05) is 18.3 Å². The highest BCUT2D eigenvalue weighted by molar-refractivity contribution is 7.89. The number of sulfonamides is 1. The molecule has 1 aliphatic rings. The predicted octanol–water partition coefficient (Wildman–Crippen LogP) is 1.70. The van der Waals surface area contributed by atoms with E-state index in [1.165, 1.54) is 10.4 Å². The number of hydrogen-bond acceptors (Lipinski definition) is 3. The molecule has 1 fully saturated rings. The normalized spacial score (nSPS) is 19.9. The quantitative estimate of drug-likeness (QED) is 0.846. The second-order valence-electron chi connectivity index (χ2n) is 5.11. The molecule has 1 aliphatic heterocycles. The molecule has 2 rings (SSSR count). The Kier molecular flexibility index (Phi) is 4.99. The number of benzene rings is 1. The molecule has 21 heavy (non-hydrogen) atoms. The maximum absolute atomic E-state index is 13.4. The number of hydrogen-bond donors (Lipinski definition) is 1. The SMILES string of the molecule is CC1CCCCN1S(=O)(=O)c1ccc(F)cc1C#CCN. The van der Waals surface area contributed by atoms with Crippen molar-refractivity contribution in [2.75, 3.05) is 13.1 Å². The Hall–Kier alpha value is -1.42. The second-order valence-corrected chi connectivity index (χ2v) is 6.97. The first-order valence-electron chi connectivity index (χ1n) is 6.97. The monoisotopic (exact) mass is 310 g/mol. The van der Waals surface area contributed by atoms with Crippen LogP contribution in [-0.2, 0) is 10.0 Å². The maximum atomic E-state index is 13.4. The van der Waals surface area contributed by atoms with Gasteiger partial charge in [-0.15, -0.1) is 0 Å². The molecule has 0 saturated carbocycles. The molecule has 1 saturated heterocycles. The van der Waals surface area contributed by atoms with Gasteiger partial charge in [-0.2, -0.15) is 4.31 Å². The van der Waals surface area contributed by atoms with Crippen molar-refractivity contribution >= 4 is 10.0 Å². The van der Waals surface area contributed by atoms with Crippen molar-refractivity contribution in [1.29, 1.82) is 0 Å². The topological polar surface area (TPSA) is 63.4 Å². The van der Waals surface area contributed by atoms with Crippen molar-refractivity contribution in [3.63, 3.8) is 0 Å². The predicted molar refractivity (Wildman–Crippen MR) is 79.5 cm³/mol. The Balaban J connectivity index is 2.49. The fourth-order valence-electron chi connectivity index (χ4n) is 2.53.